The van der Waals surface area contributed by atoms with Crippen LogP contribution in [0.4, 0.5) is 5.69 Å². The molecule has 0 radical (unpaired) electrons. The molecule has 0 saturated heterocycles. The Balaban J connectivity index is 1.71. The van der Waals surface area contributed by atoms with Gasteiger partial charge >= 0.3 is 0 Å². The molecule has 0 aliphatic carbocycles. The summed E-state index contributed by atoms with van der Waals surface area (Å²) in [4.78, 5) is 26.4. The van der Waals surface area contributed by atoms with E-state index in [2.05, 4.69) is 5.32 Å². The maximum Gasteiger partial charge on any atom is 0.263 e. The molecule has 3 rings (SSSR count). The van der Waals surface area contributed by atoms with Crippen molar-refractivity contribution in [3.63, 3.8) is 0 Å². The molecule has 0 aromatic heterocycles. The Morgan fingerprint density at radius 3 is 2.71 bits per heavy atom. The number of hydrogen-bond acceptors (Lipinski definition) is 4. The van der Waals surface area contributed by atoms with Crippen LogP contribution in [0.5, 0.6) is 11.5 Å². The molecule has 0 spiro atoms. The summed E-state index contributed by atoms with van der Waals surface area (Å²) in [5.41, 5.74) is 1.56. The van der Waals surface area contributed by atoms with Gasteiger partial charge in [-0.05, 0) is 37.3 Å². The molecule has 1 aliphatic heterocycles. The molecule has 2 aromatic rings. The predicted molar refractivity (Wildman–Crippen MR) is 107 cm³/mol. The Kier molecular flexibility index (Phi) is 6.19. The summed E-state index contributed by atoms with van der Waals surface area (Å²) in [6, 6.07) is 15.0. The van der Waals surface area contributed by atoms with E-state index < -0.39 is 6.10 Å². The fourth-order valence-corrected chi connectivity index (χ4v) is 2.94. The van der Waals surface area contributed by atoms with Crippen molar-refractivity contribution >= 4 is 17.5 Å². The van der Waals surface area contributed by atoms with Crippen LogP contribution in [0.2, 0.25) is 0 Å². The first-order valence-corrected chi connectivity index (χ1v) is 9.51. The number of fused-ring (bicyclic) bond motifs is 1. The maximum absolute atomic E-state index is 12.7. The monoisotopic (exact) mass is 382 g/mol. The van der Waals surface area contributed by atoms with E-state index in [1.165, 1.54) is 0 Å². The second-order valence-corrected chi connectivity index (χ2v) is 7.15. The lowest BCUT2D eigenvalue weighted by atomic mass is 10.1. The molecule has 0 bridgehead atoms. The zero-order chi connectivity index (χ0) is 20.1. The molecule has 6 nitrogen and oxygen atoms in total. The minimum Gasteiger partial charge on any atom is -0.492 e. The fraction of sp³-hybridized carbons (Fsp3) is 0.364. The van der Waals surface area contributed by atoms with E-state index in [9.17, 15) is 9.59 Å². The fourth-order valence-electron chi connectivity index (χ4n) is 2.94. The molecule has 0 unspecified atom stereocenters. The van der Waals surface area contributed by atoms with E-state index in [-0.39, 0.29) is 17.7 Å². The van der Waals surface area contributed by atoms with Crippen LogP contribution < -0.4 is 14.8 Å². The molecule has 2 amide bonds. The van der Waals surface area contributed by atoms with E-state index >= 15 is 0 Å². The number of carbonyl (C=O) groups excluding carboxylic acids is 2. The van der Waals surface area contributed by atoms with Gasteiger partial charge in [0, 0.05) is 23.7 Å². The second kappa shape index (κ2) is 8.78. The number of carbonyl (C=O) groups is 2. The molecule has 148 valence electrons. The third-order valence-electron chi connectivity index (χ3n) is 4.55. The normalized spacial score (nSPS) is 16.2. The van der Waals surface area contributed by atoms with Gasteiger partial charge in [-0.15, -0.1) is 0 Å². The van der Waals surface area contributed by atoms with Gasteiger partial charge in [0.1, 0.15) is 18.1 Å². The van der Waals surface area contributed by atoms with Gasteiger partial charge in [0.05, 0.1) is 6.54 Å². The molecule has 1 heterocycles. The van der Waals surface area contributed by atoms with Crippen molar-refractivity contribution in [2.75, 3.05) is 18.5 Å². The molecular weight excluding hydrogens is 356 g/mol. The number of ether oxygens (including phenoxy) is 2. The van der Waals surface area contributed by atoms with Crippen molar-refractivity contribution in [3.8, 4) is 11.5 Å². The van der Waals surface area contributed by atoms with Crippen molar-refractivity contribution in [3.05, 3.63) is 54.1 Å². The highest BCUT2D eigenvalue weighted by Crippen LogP contribution is 2.28. The Morgan fingerprint density at radius 1 is 1.25 bits per heavy atom. The number of rotatable bonds is 6. The van der Waals surface area contributed by atoms with Gasteiger partial charge in [0.2, 0.25) is 5.91 Å². The van der Waals surface area contributed by atoms with Crippen molar-refractivity contribution in [2.24, 2.45) is 5.92 Å². The third kappa shape index (κ3) is 4.82. The third-order valence-corrected chi connectivity index (χ3v) is 4.55. The van der Waals surface area contributed by atoms with Gasteiger partial charge < -0.3 is 19.7 Å². The number of benzene rings is 2. The topological polar surface area (TPSA) is 67.9 Å². The standard InChI is InChI=1S/C22H26N2O4/c1-15(2)21(25)23-18-9-10-20-17(13-18)14-24(22(26)16(3)28-20)11-12-27-19-7-5-4-6-8-19/h4-10,13,15-16H,11-12,14H2,1-3H3,(H,23,25)/t16-/m1/s1. The minimum atomic E-state index is -0.575. The zero-order valence-corrected chi connectivity index (χ0v) is 16.5. The van der Waals surface area contributed by atoms with E-state index in [1.54, 1.807) is 24.0 Å². The molecule has 1 aliphatic rings. The lowest BCUT2D eigenvalue weighted by molar-refractivity contribution is -0.138. The minimum absolute atomic E-state index is 0.0490. The van der Waals surface area contributed by atoms with Crippen LogP contribution in [0.15, 0.2) is 48.5 Å². The molecule has 1 N–H and O–H groups in total. The average molecular weight is 382 g/mol. The highest BCUT2D eigenvalue weighted by atomic mass is 16.5. The summed E-state index contributed by atoms with van der Waals surface area (Å²) in [6.45, 7) is 6.68. The number of para-hydroxylation sites is 1. The van der Waals surface area contributed by atoms with Crippen LogP contribution in [0.1, 0.15) is 26.3 Å². The van der Waals surface area contributed by atoms with Gasteiger partial charge in [-0.2, -0.15) is 0 Å². The molecule has 1 atom stereocenters. The first kappa shape index (κ1) is 19.7. The Morgan fingerprint density at radius 2 is 2.00 bits per heavy atom. The van der Waals surface area contributed by atoms with Gasteiger partial charge in [-0.1, -0.05) is 32.0 Å². The number of anilines is 1. The number of hydrogen-bond donors (Lipinski definition) is 1. The van der Waals surface area contributed by atoms with Crippen LogP contribution in [0.25, 0.3) is 0 Å². The zero-order valence-electron chi connectivity index (χ0n) is 16.5. The van der Waals surface area contributed by atoms with Crippen LogP contribution in [-0.2, 0) is 16.1 Å². The number of nitrogens with one attached hydrogen (secondary N) is 1. The molecular formula is C22H26N2O4. The molecule has 6 heteroatoms. The predicted octanol–water partition coefficient (Wildman–Crippen LogP) is 3.47. The Labute approximate surface area is 165 Å². The summed E-state index contributed by atoms with van der Waals surface area (Å²) >= 11 is 0. The number of amides is 2. The van der Waals surface area contributed by atoms with Crippen LogP contribution in [0.3, 0.4) is 0 Å². The van der Waals surface area contributed by atoms with Crippen molar-refractivity contribution in [2.45, 2.75) is 33.4 Å². The SMILES string of the molecule is CC(C)C(=O)Nc1ccc2c(c1)CN(CCOc1ccccc1)C(=O)[C@@H](C)O2. The lowest BCUT2D eigenvalue weighted by Gasteiger charge is -2.22. The van der Waals surface area contributed by atoms with Crippen molar-refractivity contribution in [1.82, 2.24) is 4.90 Å². The first-order chi connectivity index (χ1) is 13.4. The molecule has 0 saturated carbocycles. The quantitative estimate of drug-likeness (QED) is 0.831. The molecule has 0 fully saturated rings. The highest BCUT2D eigenvalue weighted by molar-refractivity contribution is 5.92. The average Bonchev–Trinajstić information content (AvgIpc) is 2.79. The van der Waals surface area contributed by atoms with Crippen LogP contribution in [0, 0.1) is 5.92 Å². The molecule has 2 aromatic carbocycles. The largest absolute Gasteiger partial charge is 0.492 e. The first-order valence-electron chi connectivity index (χ1n) is 9.51. The summed E-state index contributed by atoms with van der Waals surface area (Å²) in [6.07, 6.45) is -0.575. The van der Waals surface area contributed by atoms with Crippen molar-refractivity contribution in [1.29, 1.82) is 0 Å². The van der Waals surface area contributed by atoms with Gasteiger partial charge in [0.25, 0.3) is 5.91 Å². The van der Waals surface area contributed by atoms with E-state index in [4.69, 9.17) is 9.47 Å². The smallest absolute Gasteiger partial charge is 0.263 e. The highest BCUT2D eigenvalue weighted by Gasteiger charge is 2.28. The number of nitrogens with zero attached hydrogens (tertiary/aromatic N) is 1. The Bertz CT molecular complexity index is 836. The van der Waals surface area contributed by atoms with Gasteiger partial charge in [-0.25, -0.2) is 0 Å². The van der Waals surface area contributed by atoms with E-state index in [1.807, 2.05) is 50.2 Å². The lowest BCUT2D eigenvalue weighted by Crippen LogP contribution is -2.40. The summed E-state index contributed by atoms with van der Waals surface area (Å²) in [7, 11) is 0. The Hall–Kier alpha value is -3.02. The summed E-state index contributed by atoms with van der Waals surface area (Å²) in [5.74, 6) is 1.19. The second-order valence-electron chi connectivity index (χ2n) is 7.15. The summed E-state index contributed by atoms with van der Waals surface area (Å²) in [5, 5.41) is 2.89. The molecule has 28 heavy (non-hydrogen) atoms. The van der Waals surface area contributed by atoms with E-state index in [0.29, 0.717) is 31.1 Å². The van der Waals surface area contributed by atoms with E-state index in [0.717, 1.165) is 11.3 Å². The van der Waals surface area contributed by atoms with Crippen LogP contribution in [-0.4, -0.2) is 36.0 Å². The summed E-state index contributed by atoms with van der Waals surface area (Å²) < 4.78 is 11.6. The van der Waals surface area contributed by atoms with Gasteiger partial charge in [0.15, 0.2) is 6.10 Å². The van der Waals surface area contributed by atoms with Crippen LogP contribution >= 0.6 is 0 Å². The van der Waals surface area contributed by atoms with Gasteiger partial charge in [-0.3, -0.25) is 9.59 Å². The maximum atomic E-state index is 12.7. The van der Waals surface area contributed by atoms with Crippen molar-refractivity contribution < 1.29 is 19.1 Å².